The predicted molar refractivity (Wildman–Crippen MR) is 70.2 cm³/mol. The van der Waals surface area contributed by atoms with Crippen molar-refractivity contribution in [3.63, 3.8) is 0 Å². The van der Waals surface area contributed by atoms with Crippen LogP contribution in [0.2, 0.25) is 0 Å². The Bertz CT molecular complexity index is 536. The lowest BCUT2D eigenvalue weighted by Crippen LogP contribution is -2.53. The molecule has 1 aliphatic heterocycles. The molecule has 0 radical (unpaired) electrons. The predicted octanol–water partition coefficient (Wildman–Crippen LogP) is 1.22. The van der Waals surface area contributed by atoms with E-state index in [2.05, 4.69) is 11.8 Å². The molecule has 1 saturated heterocycles. The third-order valence-electron chi connectivity index (χ3n) is 3.38. The van der Waals surface area contributed by atoms with Gasteiger partial charge in [-0.1, -0.05) is 31.0 Å². The lowest BCUT2D eigenvalue weighted by molar-refractivity contribution is -0.148. The SMILES string of the molecule is CC(C(=O)O)C1CN(C(=O)C#Cc2ccccc2)C1. The molecule has 1 unspecified atom stereocenters. The fourth-order valence-corrected chi connectivity index (χ4v) is 1.92. The first-order chi connectivity index (χ1) is 9.08. The number of benzene rings is 1. The number of carbonyl (C=O) groups excluding carboxylic acids is 1. The number of carbonyl (C=O) groups is 2. The van der Waals surface area contributed by atoms with Crippen molar-refractivity contribution >= 4 is 11.9 Å². The van der Waals surface area contributed by atoms with Crippen molar-refractivity contribution < 1.29 is 14.7 Å². The Hall–Kier alpha value is -2.28. The molecule has 1 N–H and O–H groups in total. The number of carboxylic acids is 1. The summed E-state index contributed by atoms with van der Waals surface area (Å²) < 4.78 is 0. The lowest BCUT2D eigenvalue weighted by Gasteiger charge is -2.39. The Morgan fingerprint density at radius 1 is 1.32 bits per heavy atom. The average molecular weight is 257 g/mol. The molecule has 0 saturated carbocycles. The standard InChI is InChI=1S/C15H15NO3/c1-11(15(18)19)13-9-16(10-13)14(17)8-7-12-5-3-2-4-6-12/h2-6,11,13H,9-10H2,1H3,(H,18,19). The molecular formula is C15H15NO3. The van der Waals surface area contributed by atoms with E-state index in [1.54, 1.807) is 11.8 Å². The fraction of sp³-hybridized carbons (Fsp3) is 0.333. The Morgan fingerprint density at radius 3 is 2.53 bits per heavy atom. The largest absolute Gasteiger partial charge is 0.481 e. The third kappa shape index (κ3) is 3.14. The number of hydrogen-bond acceptors (Lipinski definition) is 2. The molecule has 1 aliphatic rings. The summed E-state index contributed by atoms with van der Waals surface area (Å²) in [5.74, 6) is 3.96. The number of carboxylic acid groups (broad SMARTS) is 1. The zero-order valence-electron chi connectivity index (χ0n) is 10.7. The molecule has 1 amide bonds. The van der Waals surface area contributed by atoms with Crippen molar-refractivity contribution in [2.75, 3.05) is 13.1 Å². The van der Waals surface area contributed by atoms with E-state index in [1.165, 1.54) is 0 Å². The Balaban J connectivity index is 1.88. The molecule has 1 fully saturated rings. The van der Waals surface area contributed by atoms with E-state index in [0.29, 0.717) is 13.1 Å². The van der Waals surface area contributed by atoms with Gasteiger partial charge < -0.3 is 10.0 Å². The van der Waals surface area contributed by atoms with Crippen LogP contribution in [0.15, 0.2) is 30.3 Å². The summed E-state index contributed by atoms with van der Waals surface area (Å²) in [6.45, 7) is 2.63. The van der Waals surface area contributed by atoms with Crippen LogP contribution >= 0.6 is 0 Å². The Morgan fingerprint density at radius 2 is 1.95 bits per heavy atom. The number of hydrogen-bond donors (Lipinski definition) is 1. The van der Waals surface area contributed by atoms with Crippen molar-refractivity contribution in [3.05, 3.63) is 35.9 Å². The fourth-order valence-electron chi connectivity index (χ4n) is 1.92. The highest BCUT2D eigenvalue weighted by Crippen LogP contribution is 2.23. The highest BCUT2D eigenvalue weighted by molar-refractivity contribution is 5.94. The summed E-state index contributed by atoms with van der Waals surface area (Å²) in [7, 11) is 0. The van der Waals surface area contributed by atoms with Crippen molar-refractivity contribution in [1.82, 2.24) is 4.90 Å². The van der Waals surface area contributed by atoms with E-state index >= 15 is 0 Å². The second kappa shape index (κ2) is 5.57. The van der Waals surface area contributed by atoms with Crippen molar-refractivity contribution in [3.8, 4) is 11.8 Å². The molecule has 19 heavy (non-hydrogen) atoms. The molecule has 0 aromatic heterocycles. The molecule has 0 aliphatic carbocycles. The van der Waals surface area contributed by atoms with Crippen LogP contribution in [-0.2, 0) is 9.59 Å². The van der Waals surface area contributed by atoms with Crippen LogP contribution in [-0.4, -0.2) is 35.0 Å². The van der Waals surface area contributed by atoms with Crippen molar-refractivity contribution in [2.45, 2.75) is 6.92 Å². The first kappa shape index (κ1) is 13.2. The maximum absolute atomic E-state index is 11.7. The van der Waals surface area contributed by atoms with Gasteiger partial charge >= 0.3 is 5.97 Å². The molecule has 0 bridgehead atoms. The summed E-state index contributed by atoms with van der Waals surface area (Å²) in [6.07, 6.45) is 0. The minimum atomic E-state index is -0.813. The summed E-state index contributed by atoms with van der Waals surface area (Å²) in [5, 5.41) is 8.86. The minimum Gasteiger partial charge on any atom is -0.481 e. The van der Waals surface area contributed by atoms with Gasteiger partial charge in [-0.25, -0.2) is 0 Å². The smallest absolute Gasteiger partial charge is 0.306 e. The molecule has 2 rings (SSSR count). The van der Waals surface area contributed by atoms with Gasteiger partial charge in [0, 0.05) is 30.5 Å². The molecule has 1 atom stereocenters. The monoisotopic (exact) mass is 257 g/mol. The molecular weight excluding hydrogens is 242 g/mol. The molecule has 1 heterocycles. The Labute approximate surface area is 112 Å². The van der Waals surface area contributed by atoms with Gasteiger partial charge in [-0.05, 0) is 12.1 Å². The van der Waals surface area contributed by atoms with Gasteiger partial charge in [-0.2, -0.15) is 0 Å². The van der Waals surface area contributed by atoms with Crippen LogP contribution in [0, 0.1) is 23.7 Å². The first-order valence-electron chi connectivity index (χ1n) is 6.16. The Kier molecular flexibility index (Phi) is 3.86. The van der Waals surface area contributed by atoms with Crippen LogP contribution in [0.3, 0.4) is 0 Å². The molecule has 98 valence electrons. The van der Waals surface area contributed by atoms with Crippen LogP contribution in [0.25, 0.3) is 0 Å². The van der Waals surface area contributed by atoms with Crippen molar-refractivity contribution in [1.29, 1.82) is 0 Å². The second-order valence-corrected chi connectivity index (χ2v) is 4.71. The van der Waals surface area contributed by atoms with E-state index in [0.717, 1.165) is 5.56 Å². The van der Waals surface area contributed by atoms with Crippen molar-refractivity contribution in [2.24, 2.45) is 11.8 Å². The molecule has 1 aromatic rings. The van der Waals surface area contributed by atoms with Crippen LogP contribution in [0.1, 0.15) is 12.5 Å². The normalized spacial score (nSPS) is 15.9. The molecule has 1 aromatic carbocycles. The first-order valence-corrected chi connectivity index (χ1v) is 6.16. The van der Waals surface area contributed by atoms with Gasteiger partial charge in [-0.3, -0.25) is 9.59 Å². The van der Waals surface area contributed by atoms with E-state index in [4.69, 9.17) is 5.11 Å². The number of rotatable bonds is 2. The summed E-state index contributed by atoms with van der Waals surface area (Å²) in [6, 6.07) is 9.29. The number of amides is 1. The van der Waals surface area contributed by atoms with Gasteiger partial charge in [0.15, 0.2) is 0 Å². The third-order valence-corrected chi connectivity index (χ3v) is 3.38. The summed E-state index contributed by atoms with van der Waals surface area (Å²) in [4.78, 5) is 24.1. The maximum atomic E-state index is 11.7. The summed E-state index contributed by atoms with van der Waals surface area (Å²) in [5.41, 5.74) is 0.798. The summed E-state index contributed by atoms with van der Waals surface area (Å²) >= 11 is 0. The van der Waals surface area contributed by atoms with Gasteiger partial charge in [0.2, 0.25) is 0 Å². The minimum absolute atomic E-state index is 0.0416. The second-order valence-electron chi connectivity index (χ2n) is 4.71. The molecule has 4 heteroatoms. The van der Waals surface area contributed by atoms with E-state index in [-0.39, 0.29) is 11.8 Å². The van der Waals surface area contributed by atoms with Gasteiger partial charge in [-0.15, -0.1) is 0 Å². The van der Waals surface area contributed by atoms with E-state index in [9.17, 15) is 9.59 Å². The quantitative estimate of drug-likeness (QED) is 0.810. The van der Waals surface area contributed by atoms with Crippen LogP contribution in [0.4, 0.5) is 0 Å². The zero-order chi connectivity index (χ0) is 13.8. The maximum Gasteiger partial charge on any atom is 0.306 e. The van der Waals surface area contributed by atoms with Gasteiger partial charge in [0.05, 0.1) is 5.92 Å². The lowest BCUT2D eigenvalue weighted by atomic mass is 9.87. The molecule has 0 spiro atoms. The van der Waals surface area contributed by atoms with E-state index < -0.39 is 11.9 Å². The highest BCUT2D eigenvalue weighted by atomic mass is 16.4. The highest BCUT2D eigenvalue weighted by Gasteiger charge is 2.36. The van der Waals surface area contributed by atoms with Crippen LogP contribution < -0.4 is 0 Å². The van der Waals surface area contributed by atoms with Gasteiger partial charge in [0.1, 0.15) is 0 Å². The zero-order valence-corrected chi connectivity index (χ0v) is 10.7. The van der Waals surface area contributed by atoms with Gasteiger partial charge in [0.25, 0.3) is 5.91 Å². The van der Waals surface area contributed by atoms with E-state index in [1.807, 2.05) is 30.3 Å². The molecule has 4 nitrogen and oxygen atoms in total. The average Bonchev–Trinajstić information content (AvgIpc) is 2.35. The topological polar surface area (TPSA) is 57.6 Å². The number of aliphatic carboxylic acids is 1. The number of likely N-dealkylation sites (tertiary alicyclic amines) is 1. The number of nitrogens with zero attached hydrogens (tertiary/aromatic N) is 1. The van der Waals surface area contributed by atoms with Crippen LogP contribution in [0.5, 0.6) is 0 Å².